The van der Waals surface area contributed by atoms with E-state index in [1.54, 1.807) is 0 Å². The summed E-state index contributed by atoms with van der Waals surface area (Å²) in [6.45, 7) is 2.03. The summed E-state index contributed by atoms with van der Waals surface area (Å²) in [5.74, 6) is -0.829. The zero-order valence-corrected chi connectivity index (χ0v) is 13.5. The Bertz CT molecular complexity index is 436. The van der Waals surface area contributed by atoms with Gasteiger partial charge < -0.3 is 10.2 Å². The molecule has 0 aromatic carbocycles. The number of aliphatic carboxylic acids is 1. The van der Waals surface area contributed by atoms with E-state index < -0.39 is 11.6 Å². The van der Waals surface area contributed by atoms with E-state index >= 15 is 0 Å². The number of unbranched alkanes of at least 4 members (excludes halogenated alkanes) is 4. The van der Waals surface area contributed by atoms with E-state index in [1.165, 1.54) is 0 Å². The molecule has 0 saturated carbocycles. The third-order valence-corrected chi connectivity index (χ3v) is 4.18. The van der Waals surface area contributed by atoms with Gasteiger partial charge in [0.1, 0.15) is 5.60 Å². The van der Waals surface area contributed by atoms with Crippen LogP contribution in [0.15, 0.2) is 23.8 Å². The number of aliphatic hydroxyl groups is 1. The van der Waals surface area contributed by atoms with Crippen molar-refractivity contribution in [3.05, 3.63) is 23.8 Å². The van der Waals surface area contributed by atoms with Crippen LogP contribution >= 0.6 is 0 Å². The highest BCUT2D eigenvalue weighted by Crippen LogP contribution is 2.34. The summed E-state index contributed by atoms with van der Waals surface area (Å²) in [6.07, 6.45) is 13.0. The van der Waals surface area contributed by atoms with Crippen LogP contribution in [0.1, 0.15) is 71.1 Å². The van der Waals surface area contributed by atoms with Crippen molar-refractivity contribution in [2.24, 2.45) is 0 Å². The largest absolute Gasteiger partial charge is 0.481 e. The van der Waals surface area contributed by atoms with Crippen molar-refractivity contribution in [2.45, 2.75) is 76.7 Å². The van der Waals surface area contributed by atoms with Gasteiger partial charge in [-0.15, -0.1) is 0 Å². The molecule has 1 aliphatic rings. The topological polar surface area (TPSA) is 74.6 Å². The normalized spacial score (nSPS) is 21.5. The predicted octanol–water partition coefficient (Wildman–Crippen LogP) is 3.79. The molecule has 1 rings (SSSR count). The molecule has 2 N–H and O–H groups in total. The summed E-state index contributed by atoms with van der Waals surface area (Å²) < 4.78 is 0. The number of rotatable bonds is 11. The van der Waals surface area contributed by atoms with E-state index in [4.69, 9.17) is 5.11 Å². The maximum absolute atomic E-state index is 11.9. The van der Waals surface area contributed by atoms with Gasteiger partial charge in [-0.25, -0.2) is 0 Å². The smallest absolute Gasteiger partial charge is 0.303 e. The Morgan fingerprint density at radius 2 is 1.91 bits per heavy atom. The molecule has 1 unspecified atom stereocenters. The molecule has 0 aliphatic heterocycles. The minimum atomic E-state index is -1.28. The van der Waals surface area contributed by atoms with Crippen molar-refractivity contribution >= 4 is 11.8 Å². The van der Waals surface area contributed by atoms with Crippen LogP contribution in [0.5, 0.6) is 0 Å². The van der Waals surface area contributed by atoms with Gasteiger partial charge in [0, 0.05) is 19.3 Å². The molecule has 1 atom stereocenters. The van der Waals surface area contributed by atoms with Gasteiger partial charge in [0.05, 0.1) is 0 Å². The highest BCUT2D eigenvalue weighted by molar-refractivity contribution is 5.94. The van der Waals surface area contributed by atoms with Gasteiger partial charge >= 0.3 is 5.97 Å². The number of hydrogen-bond donors (Lipinski definition) is 2. The minimum absolute atomic E-state index is 0.0929. The zero-order chi connectivity index (χ0) is 16.4. The Hall–Kier alpha value is -1.42. The number of ketones is 1. The van der Waals surface area contributed by atoms with Crippen LogP contribution in [-0.2, 0) is 9.59 Å². The molecular formula is C18H28O4. The lowest BCUT2D eigenvalue weighted by atomic mass is 9.87. The van der Waals surface area contributed by atoms with Gasteiger partial charge in [-0.3, -0.25) is 9.59 Å². The maximum atomic E-state index is 11.9. The second kappa shape index (κ2) is 9.57. The van der Waals surface area contributed by atoms with E-state index in [1.807, 2.05) is 25.2 Å². The minimum Gasteiger partial charge on any atom is -0.481 e. The van der Waals surface area contributed by atoms with E-state index in [0.29, 0.717) is 12.8 Å². The molecule has 0 amide bonds. The van der Waals surface area contributed by atoms with Crippen LogP contribution < -0.4 is 0 Å². The third-order valence-electron chi connectivity index (χ3n) is 4.18. The van der Waals surface area contributed by atoms with Crippen LogP contribution in [0.25, 0.3) is 0 Å². The van der Waals surface area contributed by atoms with Gasteiger partial charge in [0.25, 0.3) is 0 Å². The first kappa shape index (κ1) is 18.6. The van der Waals surface area contributed by atoms with Crippen molar-refractivity contribution in [2.75, 3.05) is 0 Å². The second-order valence-corrected chi connectivity index (χ2v) is 5.96. The van der Waals surface area contributed by atoms with E-state index in [9.17, 15) is 14.7 Å². The Morgan fingerprint density at radius 3 is 2.59 bits per heavy atom. The molecule has 22 heavy (non-hydrogen) atoms. The first-order valence-electron chi connectivity index (χ1n) is 8.32. The molecule has 124 valence electrons. The van der Waals surface area contributed by atoms with Crippen molar-refractivity contribution in [3.8, 4) is 0 Å². The van der Waals surface area contributed by atoms with Crippen molar-refractivity contribution in [3.63, 3.8) is 0 Å². The number of hydrogen-bond acceptors (Lipinski definition) is 3. The number of carbonyl (C=O) groups is 2. The fourth-order valence-electron chi connectivity index (χ4n) is 2.83. The number of carboxylic acid groups (broad SMARTS) is 1. The fraction of sp³-hybridized carbons (Fsp3) is 0.667. The number of carbonyl (C=O) groups excluding carboxylic acids is 1. The lowest BCUT2D eigenvalue weighted by Crippen LogP contribution is -2.36. The lowest BCUT2D eigenvalue weighted by Gasteiger charge is -2.23. The molecular weight excluding hydrogens is 280 g/mol. The summed E-state index contributed by atoms with van der Waals surface area (Å²) in [4.78, 5) is 22.3. The Kier molecular flexibility index (Phi) is 8.10. The summed E-state index contributed by atoms with van der Waals surface area (Å²) in [7, 11) is 0. The molecule has 0 saturated heterocycles. The van der Waals surface area contributed by atoms with Crippen molar-refractivity contribution < 1.29 is 19.8 Å². The van der Waals surface area contributed by atoms with Crippen LogP contribution in [0.4, 0.5) is 0 Å². The summed E-state index contributed by atoms with van der Waals surface area (Å²) in [6, 6.07) is 0. The Balaban J connectivity index is 2.30. The SMILES string of the molecule is CCC=CCC1(O)C(=O)CC=C1CCCCCCCC(=O)O. The van der Waals surface area contributed by atoms with Crippen molar-refractivity contribution in [1.29, 1.82) is 0 Å². The molecule has 0 aromatic rings. The monoisotopic (exact) mass is 308 g/mol. The van der Waals surface area contributed by atoms with Crippen molar-refractivity contribution in [1.82, 2.24) is 0 Å². The summed E-state index contributed by atoms with van der Waals surface area (Å²) in [5, 5.41) is 19.2. The quantitative estimate of drug-likeness (QED) is 0.450. The molecule has 4 heteroatoms. The third kappa shape index (κ3) is 5.76. The highest BCUT2D eigenvalue weighted by Gasteiger charge is 2.41. The number of Topliss-reactive ketones (excluding diaryl/α,β-unsaturated/α-hetero) is 1. The van der Waals surface area contributed by atoms with Gasteiger partial charge in [-0.05, 0) is 31.3 Å². The van der Waals surface area contributed by atoms with Crippen LogP contribution in [0, 0.1) is 0 Å². The van der Waals surface area contributed by atoms with Gasteiger partial charge in [-0.1, -0.05) is 44.4 Å². The van der Waals surface area contributed by atoms with Crippen LogP contribution in [-0.4, -0.2) is 27.6 Å². The van der Waals surface area contributed by atoms with Gasteiger partial charge in [0.2, 0.25) is 0 Å². The summed E-state index contributed by atoms with van der Waals surface area (Å²) >= 11 is 0. The van der Waals surface area contributed by atoms with E-state index in [-0.39, 0.29) is 12.2 Å². The molecule has 0 aromatic heterocycles. The zero-order valence-electron chi connectivity index (χ0n) is 13.5. The number of allylic oxidation sites excluding steroid dienone is 2. The molecule has 0 fully saturated rings. The highest BCUT2D eigenvalue weighted by atomic mass is 16.4. The van der Waals surface area contributed by atoms with E-state index in [2.05, 4.69) is 0 Å². The lowest BCUT2D eigenvalue weighted by molar-refractivity contribution is -0.137. The molecule has 0 spiro atoms. The first-order valence-corrected chi connectivity index (χ1v) is 8.32. The summed E-state index contributed by atoms with van der Waals surface area (Å²) in [5.41, 5.74) is -0.418. The van der Waals surface area contributed by atoms with Gasteiger partial charge in [0.15, 0.2) is 5.78 Å². The molecule has 0 bridgehead atoms. The van der Waals surface area contributed by atoms with E-state index in [0.717, 1.165) is 50.5 Å². The Labute approximate surface area is 132 Å². The number of carboxylic acids is 1. The standard InChI is InChI=1S/C18H28O4/c1-2-3-9-14-18(22)15(12-13-16(18)19)10-7-5-4-6-8-11-17(20)21/h3,9,12,22H,2,4-8,10-11,13-14H2,1H3,(H,20,21). The predicted molar refractivity (Wildman–Crippen MR) is 86.7 cm³/mol. The Morgan fingerprint density at radius 1 is 1.23 bits per heavy atom. The fourth-order valence-corrected chi connectivity index (χ4v) is 2.83. The molecule has 4 nitrogen and oxygen atoms in total. The molecule has 0 radical (unpaired) electrons. The average Bonchev–Trinajstić information content (AvgIpc) is 2.74. The average molecular weight is 308 g/mol. The maximum Gasteiger partial charge on any atom is 0.303 e. The second-order valence-electron chi connectivity index (χ2n) is 5.96. The van der Waals surface area contributed by atoms with Crippen LogP contribution in [0.2, 0.25) is 0 Å². The molecule has 0 heterocycles. The first-order chi connectivity index (χ1) is 10.5. The molecule has 1 aliphatic carbocycles. The van der Waals surface area contributed by atoms with Crippen LogP contribution in [0.3, 0.4) is 0 Å². The van der Waals surface area contributed by atoms with Gasteiger partial charge in [-0.2, -0.15) is 0 Å².